The van der Waals surface area contributed by atoms with Crippen molar-refractivity contribution in [3.63, 3.8) is 0 Å². The minimum Gasteiger partial charge on any atom is -0.497 e. The maximum absolute atomic E-state index is 11.8. The fourth-order valence-electron chi connectivity index (χ4n) is 3.73. The van der Waals surface area contributed by atoms with Gasteiger partial charge in [-0.15, -0.1) is 0 Å². The van der Waals surface area contributed by atoms with Crippen molar-refractivity contribution in [1.29, 1.82) is 0 Å². The van der Waals surface area contributed by atoms with Crippen LogP contribution in [0.5, 0.6) is 17.2 Å². The summed E-state index contributed by atoms with van der Waals surface area (Å²) in [7, 11) is 4.93. The first-order valence-electron chi connectivity index (χ1n) is 10.1. The fraction of sp³-hybridized carbons (Fsp3) is 0.269. The molecule has 3 aromatic rings. The van der Waals surface area contributed by atoms with Crippen LogP contribution in [0.25, 0.3) is 0 Å². The number of rotatable bonds is 9. The minimum atomic E-state index is -0.598. The molecule has 0 heterocycles. The summed E-state index contributed by atoms with van der Waals surface area (Å²) in [6, 6.07) is 23.7. The molecule has 5 nitrogen and oxygen atoms in total. The highest BCUT2D eigenvalue weighted by Gasteiger charge is 2.36. The summed E-state index contributed by atoms with van der Waals surface area (Å²) in [5, 5.41) is 0. The normalized spacial score (nSPS) is 11.0. The quantitative estimate of drug-likeness (QED) is 0.465. The second-order valence-electron chi connectivity index (χ2n) is 7.34. The Bertz CT molecular complexity index is 928. The van der Waals surface area contributed by atoms with Gasteiger partial charge in [0.05, 0.1) is 26.7 Å². The van der Waals surface area contributed by atoms with Crippen LogP contribution in [0.1, 0.15) is 23.6 Å². The number of methoxy groups -OCH3 is 3. The van der Waals surface area contributed by atoms with Crippen molar-refractivity contribution in [2.75, 3.05) is 27.9 Å². The van der Waals surface area contributed by atoms with Gasteiger partial charge < -0.3 is 18.9 Å². The van der Waals surface area contributed by atoms with Crippen LogP contribution in [0.2, 0.25) is 0 Å². The van der Waals surface area contributed by atoms with E-state index >= 15 is 0 Å². The second kappa shape index (κ2) is 10.0. The second-order valence-corrected chi connectivity index (χ2v) is 7.34. The van der Waals surface area contributed by atoms with E-state index in [1.54, 1.807) is 21.3 Å². The molecule has 31 heavy (non-hydrogen) atoms. The van der Waals surface area contributed by atoms with E-state index in [0.29, 0.717) is 6.42 Å². The average molecular weight is 421 g/mol. The van der Waals surface area contributed by atoms with Gasteiger partial charge in [-0.2, -0.15) is 0 Å². The number of ether oxygens (including phenoxy) is 4. The van der Waals surface area contributed by atoms with E-state index in [9.17, 15) is 4.79 Å². The Morgan fingerprint density at radius 2 is 1.06 bits per heavy atom. The smallest absolute Gasteiger partial charge is 0.302 e. The van der Waals surface area contributed by atoms with Crippen molar-refractivity contribution in [2.45, 2.75) is 18.8 Å². The third kappa shape index (κ3) is 5.18. The Hall–Kier alpha value is -3.47. The van der Waals surface area contributed by atoms with Gasteiger partial charge in [-0.05, 0) is 59.5 Å². The van der Waals surface area contributed by atoms with Crippen molar-refractivity contribution in [3.05, 3.63) is 89.5 Å². The maximum atomic E-state index is 11.8. The Morgan fingerprint density at radius 1 is 0.677 bits per heavy atom. The average Bonchev–Trinajstić information content (AvgIpc) is 2.82. The predicted octanol–water partition coefficient (Wildman–Crippen LogP) is 4.80. The molecule has 162 valence electrons. The molecule has 3 rings (SSSR count). The molecule has 0 unspecified atom stereocenters. The summed E-state index contributed by atoms with van der Waals surface area (Å²) in [6.07, 6.45) is 0.628. The third-order valence-corrected chi connectivity index (χ3v) is 5.47. The molecule has 0 spiro atoms. The Labute approximate surface area is 183 Å². The number of hydrogen-bond donors (Lipinski definition) is 0. The SMILES string of the molecule is COc1ccc(CC(COC(C)=O)(c2ccc(OC)cc2)c2ccc(OC)cc2)cc1. The topological polar surface area (TPSA) is 54.0 Å². The third-order valence-electron chi connectivity index (χ3n) is 5.47. The van der Waals surface area contributed by atoms with Crippen molar-refractivity contribution < 1.29 is 23.7 Å². The van der Waals surface area contributed by atoms with Gasteiger partial charge in [-0.3, -0.25) is 4.79 Å². The highest BCUT2D eigenvalue weighted by molar-refractivity contribution is 5.66. The fourth-order valence-corrected chi connectivity index (χ4v) is 3.73. The molecule has 3 aromatic carbocycles. The van der Waals surface area contributed by atoms with Crippen LogP contribution < -0.4 is 14.2 Å². The lowest BCUT2D eigenvalue weighted by Crippen LogP contribution is -2.36. The van der Waals surface area contributed by atoms with E-state index in [2.05, 4.69) is 0 Å². The number of carbonyl (C=O) groups excluding carboxylic acids is 1. The Kier molecular flexibility index (Phi) is 7.19. The largest absolute Gasteiger partial charge is 0.497 e. The molecule has 0 bridgehead atoms. The monoisotopic (exact) mass is 420 g/mol. The van der Waals surface area contributed by atoms with Gasteiger partial charge in [0.15, 0.2) is 0 Å². The first-order valence-corrected chi connectivity index (χ1v) is 10.1. The molecule has 0 amide bonds. The number of benzene rings is 3. The van der Waals surface area contributed by atoms with Crippen LogP contribution in [-0.4, -0.2) is 33.9 Å². The van der Waals surface area contributed by atoms with Crippen molar-refractivity contribution in [1.82, 2.24) is 0 Å². The standard InChI is InChI=1S/C26H28O5/c1-19(27)31-18-26(21-7-13-24(29-3)14-8-21,22-9-15-25(30-4)16-10-22)17-20-5-11-23(28-2)12-6-20/h5-16H,17-18H2,1-4H3. The molecule has 0 radical (unpaired) electrons. The van der Waals surface area contributed by atoms with Gasteiger partial charge in [0.1, 0.15) is 23.9 Å². The predicted molar refractivity (Wildman–Crippen MR) is 120 cm³/mol. The molecule has 0 aromatic heterocycles. The molecular formula is C26H28O5. The zero-order chi connectivity index (χ0) is 22.3. The van der Waals surface area contributed by atoms with Crippen LogP contribution in [-0.2, 0) is 21.4 Å². The van der Waals surface area contributed by atoms with Crippen molar-refractivity contribution in [2.24, 2.45) is 0 Å². The summed E-state index contributed by atoms with van der Waals surface area (Å²) in [5.74, 6) is 2.01. The van der Waals surface area contributed by atoms with E-state index in [0.717, 1.165) is 33.9 Å². The molecule has 0 aliphatic heterocycles. The van der Waals surface area contributed by atoms with Crippen molar-refractivity contribution >= 4 is 5.97 Å². The first-order chi connectivity index (χ1) is 15.0. The summed E-state index contributed by atoms with van der Waals surface area (Å²) >= 11 is 0. The van der Waals surface area contributed by atoms with E-state index in [1.807, 2.05) is 72.8 Å². The lowest BCUT2D eigenvalue weighted by molar-refractivity contribution is -0.142. The Morgan fingerprint density at radius 3 is 1.42 bits per heavy atom. The molecule has 0 aliphatic rings. The molecule has 0 saturated carbocycles. The van der Waals surface area contributed by atoms with E-state index in [-0.39, 0.29) is 12.6 Å². The number of hydrogen-bond acceptors (Lipinski definition) is 5. The van der Waals surface area contributed by atoms with Gasteiger partial charge in [-0.1, -0.05) is 36.4 Å². The molecule has 0 aliphatic carbocycles. The van der Waals surface area contributed by atoms with Gasteiger partial charge in [0.25, 0.3) is 0 Å². The van der Waals surface area contributed by atoms with Gasteiger partial charge in [0, 0.05) is 6.92 Å². The summed E-state index contributed by atoms with van der Waals surface area (Å²) < 4.78 is 21.6. The Balaban J connectivity index is 2.14. The van der Waals surface area contributed by atoms with Crippen molar-refractivity contribution in [3.8, 4) is 17.2 Å². The molecule has 0 fully saturated rings. The zero-order valence-corrected chi connectivity index (χ0v) is 18.4. The van der Waals surface area contributed by atoms with E-state index in [1.165, 1.54) is 6.92 Å². The highest BCUT2D eigenvalue weighted by Crippen LogP contribution is 2.38. The van der Waals surface area contributed by atoms with Crippen LogP contribution in [0.3, 0.4) is 0 Å². The van der Waals surface area contributed by atoms with E-state index in [4.69, 9.17) is 18.9 Å². The molecule has 0 saturated heterocycles. The molecule has 5 heteroatoms. The van der Waals surface area contributed by atoms with Gasteiger partial charge in [0.2, 0.25) is 0 Å². The van der Waals surface area contributed by atoms with Crippen LogP contribution in [0.4, 0.5) is 0 Å². The van der Waals surface area contributed by atoms with Gasteiger partial charge in [-0.25, -0.2) is 0 Å². The van der Waals surface area contributed by atoms with Gasteiger partial charge >= 0.3 is 5.97 Å². The lowest BCUT2D eigenvalue weighted by atomic mass is 9.71. The van der Waals surface area contributed by atoms with Crippen LogP contribution in [0, 0.1) is 0 Å². The summed E-state index contributed by atoms with van der Waals surface area (Å²) in [6.45, 7) is 1.63. The molecule has 0 N–H and O–H groups in total. The summed E-state index contributed by atoms with van der Waals surface area (Å²) in [5.41, 5.74) is 2.55. The molecule has 0 atom stereocenters. The lowest BCUT2D eigenvalue weighted by Gasteiger charge is -2.35. The number of carbonyl (C=O) groups is 1. The minimum absolute atomic E-state index is 0.201. The maximum Gasteiger partial charge on any atom is 0.302 e. The highest BCUT2D eigenvalue weighted by atomic mass is 16.5. The van der Waals surface area contributed by atoms with Crippen LogP contribution in [0.15, 0.2) is 72.8 Å². The first kappa shape index (κ1) is 22.2. The summed E-state index contributed by atoms with van der Waals surface area (Å²) in [4.78, 5) is 11.8. The van der Waals surface area contributed by atoms with E-state index < -0.39 is 5.41 Å². The number of esters is 1. The molecular weight excluding hydrogens is 392 g/mol. The van der Waals surface area contributed by atoms with Crippen LogP contribution >= 0.6 is 0 Å². The zero-order valence-electron chi connectivity index (χ0n) is 18.4.